The first-order valence-electron chi connectivity index (χ1n) is 5.16. The lowest BCUT2D eigenvalue weighted by Crippen LogP contribution is -2.14. The summed E-state index contributed by atoms with van der Waals surface area (Å²) in [6, 6.07) is 5.67. The molecule has 19 heavy (non-hydrogen) atoms. The second-order valence-electron chi connectivity index (χ2n) is 3.69. The smallest absolute Gasteiger partial charge is 0.262 e. The Bertz CT molecular complexity index is 720. The summed E-state index contributed by atoms with van der Waals surface area (Å²) in [4.78, 5) is 7.73. The van der Waals surface area contributed by atoms with Crippen LogP contribution in [0.5, 0.6) is 0 Å². The Balaban J connectivity index is 2.36. The third-order valence-electron chi connectivity index (χ3n) is 2.30. The molecule has 0 atom stereocenters. The molecular weight excluding hydrogens is 309 g/mol. The number of anilines is 1. The SMILES string of the molecule is Cc1nc(Cl)ccc1NS(=O)(=O)c1ccnc(Cl)c1. The third-order valence-corrected chi connectivity index (χ3v) is 4.08. The number of rotatable bonds is 3. The van der Waals surface area contributed by atoms with Gasteiger partial charge in [-0.1, -0.05) is 23.2 Å². The van der Waals surface area contributed by atoms with E-state index in [4.69, 9.17) is 23.2 Å². The van der Waals surface area contributed by atoms with E-state index in [0.717, 1.165) is 0 Å². The van der Waals surface area contributed by atoms with Crippen LogP contribution in [0.4, 0.5) is 5.69 Å². The van der Waals surface area contributed by atoms with Crippen molar-refractivity contribution in [3.8, 4) is 0 Å². The Kier molecular flexibility index (Phi) is 3.93. The monoisotopic (exact) mass is 317 g/mol. The number of aryl methyl sites for hydroxylation is 1. The van der Waals surface area contributed by atoms with E-state index in [-0.39, 0.29) is 10.0 Å². The van der Waals surface area contributed by atoms with Crippen molar-refractivity contribution in [2.24, 2.45) is 0 Å². The average molecular weight is 318 g/mol. The van der Waals surface area contributed by atoms with Crippen molar-refractivity contribution in [2.75, 3.05) is 4.72 Å². The van der Waals surface area contributed by atoms with Crippen LogP contribution in [0.3, 0.4) is 0 Å². The molecule has 0 unspecified atom stereocenters. The van der Waals surface area contributed by atoms with E-state index < -0.39 is 10.0 Å². The van der Waals surface area contributed by atoms with Gasteiger partial charge in [-0.3, -0.25) is 4.72 Å². The van der Waals surface area contributed by atoms with Gasteiger partial charge in [-0.2, -0.15) is 0 Å². The molecule has 2 heterocycles. The van der Waals surface area contributed by atoms with E-state index in [1.165, 1.54) is 24.4 Å². The topological polar surface area (TPSA) is 72.0 Å². The summed E-state index contributed by atoms with van der Waals surface area (Å²) in [5.74, 6) is 0. The highest BCUT2D eigenvalue weighted by molar-refractivity contribution is 7.92. The number of pyridine rings is 2. The molecular formula is C11H9Cl2N3O2S. The summed E-state index contributed by atoms with van der Waals surface area (Å²) >= 11 is 11.4. The van der Waals surface area contributed by atoms with Crippen LogP contribution in [0.1, 0.15) is 5.69 Å². The van der Waals surface area contributed by atoms with E-state index in [1.807, 2.05) is 0 Å². The average Bonchev–Trinajstić information content (AvgIpc) is 2.33. The third kappa shape index (κ3) is 3.34. The fourth-order valence-corrected chi connectivity index (χ4v) is 2.95. The molecule has 1 N–H and O–H groups in total. The molecule has 0 saturated heterocycles. The van der Waals surface area contributed by atoms with Gasteiger partial charge in [-0.05, 0) is 31.2 Å². The Morgan fingerprint density at radius 1 is 1.16 bits per heavy atom. The van der Waals surface area contributed by atoms with Crippen LogP contribution in [0.15, 0.2) is 35.4 Å². The van der Waals surface area contributed by atoms with Crippen LogP contribution in [0.25, 0.3) is 0 Å². The van der Waals surface area contributed by atoms with Gasteiger partial charge in [0.1, 0.15) is 10.3 Å². The second-order valence-corrected chi connectivity index (χ2v) is 6.14. The molecule has 2 aromatic heterocycles. The normalized spacial score (nSPS) is 11.3. The van der Waals surface area contributed by atoms with E-state index >= 15 is 0 Å². The Morgan fingerprint density at radius 2 is 1.89 bits per heavy atom. The fourth-order valence-electron chi connectivity index (χ4n) is 1.39. The molecule has 5 nitrogen and oxygen atoms in total. The lowest BCUT2D eigenvalue weighted by molar-refractivity contribution is 0.601. The summed E-state index contributed by atoms with van der Waals surface area (Å²) in [7, 11) is -3.73. The lowest BCUT2D eigenvalue weighted by atomic mass is 10.3. The number of hydrogen-bond donors (Lipinski definition) is 1. The van der Waals surface area contributed by atoms with Crippen molar-refractivity contribution in [1.29, 1.82) is 0 Å². The quantitative estimate of drug-likeness (QED) is 0.883. The molecule has 8 heteroatoms. The molecule has 0 aromatic carbocycles. The Morgan fingerprint density at radius 3 is 2.53 bits per heavy atom. The summed E-state index contributed by atoms with van der Waals surface area (Å²) in [6.45, 7) is 1.66. The lowest BCUT2D eigenvalue weighted by Gasteiger charge is -2.10. The fraction of sp³-hybridized carbons (Fsp3) is 0.0909. The number of sulfonamides is 1. The van der Waals surface area contributed by atoms with Crippen LogP contribution in [0, 0.1) is 6.92 Å². The predicted molar refractivity (Wildman–Crippen MR) is 74.0 cm³/mol. The largest absolute Gasteiger partial charge is 0.278 e. The minimum Gasteiger partial charge on any atom is -0.278 e. The zero-order valence-corrected chi connectivity index (χ0v) is 12.1. The molecule has 0 spiro atoms. The highest BCUT2D eigenvalue weighted by Gasteiger charge is 2.16. The van der Waals surface area contributed by atoms with E-state index in [2.05, 4.69) is 14.7 Å². The van der Waals surface area contributed by atoms with Gasteiger partial charge in [0.15, 0.2) is 0 Å². The van der Waals surface area contributed by atoms with Gasteiger partial charge in [0.25, 0.3) is 10.0 Å². The maximum absolute atomic E-state index is 12.1. The van der Waals surface area contributed by atoms with Crippen molar-refractivity contribution in [2.45, 2.75) is 11.8 Å². The summed E-state index contributed by atoms with van der Waals surface area (Å²) in [5, 5.41) is 0.404. The number of halogens is 2. The summed E-state index contributed by atoms with van der Waals surface area (Å²) in [6.07, 6.45) is 1.32. The van der Waals surface area contributed by atoms with Crippen LogP contribution in [0.2, 0.25) is 10.3 Å². The second kappa shape index (κ2) is 5.32. The van der Waals surface area contributed by atoms with Crippen molar-refractivity contribution < 1.29 is 8.42 Å². The minimum absolute atomic E-state index is 0.0295. The van der Waals surface area contributed by atoms with Gasteiger partial charge in [0, 0.05) is 6.20 Å². The molecule has 0 fully saturated rings. The number of nitrogens with one attached hydrogen (secondary N) is 1. The van der Waals surface area contributed by atoms with Gasteiger partial charge in [-0.25, -0.2) is 18.4 Å². The molecule has 0 radical (unpaired) electrons. The molecule has 0 saturated carbocycles. The van der Waals surface area contributed by atoms with Gasteiger partial charge >= 0.3 is 0 Å². The summed E-state index contributed by atoms with van der Waals surface area (Å²) in [5.41, 5.74) is 0.841. The number of hydrogen-bond acceptors (Lipinski definition) is 4. The first-order valence-corrected chi connectivity index (χ1v) is 7.40. The molecule has 0 aliphatic carbocycles. The van der Waals surface area contributed by atoms with Gasteiger partial charge in [0.2, 0.25) is 0 Å². The van der Waals surface area contributed by atoms with Crippen LogP contribution < -0.4 is 4.72 Å². The van der Waals surface area contributed by atoms with Gasteiger partial charge in [0.05, 0.1) is 16.3 Å². The van der Waals surface area contributed by atoms with Crippen molar-refractivity contribution in [3.63, 3.8) is 0 Å². The van der Waals surface area contributed by atoms with Crippen molar-refractivity contribution in [3.05, 3.63) is 46.5 Å². The first-order chi connectivity index (χ1) is 8.88. The maximum Gasteiger partial charge on any atom is 0.262 e. The Hall–Kier alpha value is -1.37. The molecule has 0 amide bonds. The van der Waals surface area contributed by atoms with Crippen LogP contribution in [-0.2, 0) is 10.0 Å². The number of aromatic nitrogens is 2. The highest BCUT2D eigenvalue weighted by Crippen LogP contribution is 2.21. The predicted octanol–water partition coefficient (Wildman–Crippen LogP) is 2.89. The van der Waals surface area contributed by atoms with Crippen molar-refractivity contribution in [1.82, 2.24) is 9.97 Å². The minimum atomic E-state index is -3.73. The van der Waals surface area contributed by atoms with E-state index in [0.29, 0.717) is 16.5 Å². The standard InChI is InChI=1S/C11H9Cl2N3O2S/c1-7-9(2-3-10(12)15-7)16-19(17,18)8-4-5-14-11(13)6-8/h2-6,16H,1H3. The van der Waals surface area contributed by atoms with E-state index in [9.17, 15) is 8.42 Å². The summed E-state index contributed by atoms with van der Waals surface area (Å²) < 4.78 is 26.7. The molecule has 2 rings (SSSR count). The maximum atomic E-state index is 12.1. The Labute approximate surface area is 120 Å². The molecule has 2 aromatic rings. The van der Waals surface area contributed by atoms with Crippen LogP contribution in [-0.4, -0.2) is 18.4 Å². The van der Waals surface area contributed by atoms with E-state index in [1.54, 1.807) is 13.0 Å². The first kappa shape index (κ1) is 14.0. The zero-order valence-electron chi connectivity index (χ0n) is 9.76. The molecule has 0 aliphatic heterocycles. The molecule has 0 aliphatic rings. The van der Waals surface area contributed by atoms with Gasteiger partial charge in [-0.15, -0.1) is 0 Å². The number of nitrogens with zero attached hydrogens (tertiary/aromatic N) is 2. The van der Waals surface area contributed by atoms with Crippen molar-refractivity contribution >= 4 is 38.9 Å². The van der Waals surface area contributed by atoms with Crippen LogP contribution >= 0.6 is 23.2 Å². The molecule has 100 valence electrons. The highest BCUT2D eigenvalue weighted by atomic mass is 35.5. The molecule has 0 bridgehead atoms. The zero-order chi connectivity index (χ0) is 14.0. The van der Waals surface area contributed by atoms with Gasteiger partial charge < -0.3 is 0 Å².